The lowest BCUT2D eigenvalue weighted by Crippen LogP contribution is -2.26. The maximum absolute atomic E-state index is 8.79. The van der Waals surface area contributed by atoms with Crippen molar-refractivity contribution in [3.63, 3.8) is 0 Å². The van der Waals surface area contributed by atoms with Gasteiger partial charge in [-0.05, 0) is 18.2 Å². The summed E-state index contributed by atoms with van der Waals surface area (Å²) in [6.45, 7) is 4.89. The summed E-state index contributed by atoms with van der Waals surface area (Å²) >= 11 is 0. The van der Waals surface area contributed by atoms with Gasteiger partial charge in [0, 0.05) is 13.1 Å². The second kappa shape index (κ2) is 5.73. The SMILES string of the molecule is CCN(CCO)Cc1[c]cccc1. The Labute approximate surface area is 79.8 Å². The third kappa shape index (κ3) is 3.57. The molecule has 1 rings (SSSR count). The lowest BCUT2D eigenvalue weighted by atomic mass is 10.2. The van der Waals surface area contributed by atoms with Gasteiger partial charge in [-0.25, -0.2) is 0 Å². The Bertz CT molecular complexity index is 223. The Morgan fingerprint density at radius 3 is 2.85 bits per heavy atom. The molecule has 1 aromatic rings. The van der Waals surface area contributed by atoms with Crippen LogP contribution in [0.2, 0.25) is 0 Å². The minimum absolute atomic E-state index is 0.223. The van der Waals surface area contributed by atoms with Crippen molar-refractivity contribution in [3.05, 3.63) is 35.9 Å². The van der Waals surface area contributed by atoms with Gasteiger partial charge in [0.1, 0.15) is 0 Å². The molecule has 0 spiro atoms. The molecule has 71 valence electrons. The van der Waals surface area contributed by atoms with Crippen molar-refractivity contribution in [1.29, 1.82) is 0 Å². The summed E-state index contributed by atoms with van der Waals surface area (Å²) in [6, 6.07) is 11.1. The summed E-state index contributed by atoms with van der Waals surface area (Å²) in [6.07, 6.45) is 0. The number of nitrogens with zero attached hydrogens (tertiary/aromatic N) is 1. The second-order valence-corrected chi connectivity index (χ2v) is 2.98. The van der Waals surface area contributed by atoms with Crippen molar-refractivity contribution in [1.82, 2.24) is 4.90 Å². The van der Waals surface area contributed by atoms with Crippen LogP contribution in [0.3, 0.4) is 0 Å². The summed E-state index contributed by atoms with van der Waals surface area (Å²) < 4.78 is 0. The highest BCUT2D eigenvalue weighted by Crippen LogP contribution is 2.02. The monoisotopic (exact) mass is 178 g/mol. The third-order valence-corrected chi connectivity index (χ3v) is 2.03. The second-order valence-electron chi connectivity index (χ2n) is 2.98. The molecule has 0 aromatic heterocycles. The molecule has 0 atom stereocenters. The lowest BCUT2D eigenvalue weighted by Gasteiger charge is -2.18. The minimum Gasteiger partial charge on any atom is -0.395 e. The van der Waals surface area contributed by atoms with E-state index >= 15 is 0 Å². The molecule has 2 heteroatoms. The van der Waals surface area contributed by atoms with Crippen LogP contribution in [-0.4, -0.2) is 29.7 Å². The molecule has 0 aliphatic heterocycles. The molecular weight excluding hydrogens is 162 g/mol. The smallest absolute Gasteiger partial charge is 0.0558 e. The Balaban J connectivity index is 2.46. The fourth-order valence-electron chi connectivity index (χ4n) is 1.26. The fourth-order valence-corrected chi connectivity index (χ4v) is 1.26. The molecule has 0 heterocycles. The van der Waals surface area contributed by atoms with Crippen LogP contribution in [0.15, 0.2) is 24.3 Å². The highest BCUT2D eigenvalue weighted by molar-refractivity contribution is 5.12. The number of aliphatic hydroxyl groups is 1. The van der Waals surface area contributed by atoms with E-state index in [-0.39, 0.29) is 6.61 Å². The first kappa shape index (κ1) is 10.2. The van der Waals surface area contributed by atoms with Gasteiger partial charge in [-0.3, -0.25) is 4.90 Å². The molecule has 1 aromatic carbocycles. The molecule has 0 aliphatic rings. The highest BCUT2D eigenvalue weighted by Gasteiger charge is 2.01. The van der Waals surface area contributed by atoms with Crippen molar-refractivity contribution in [3.8, 4) is 0 Å². The first-order valence-corrected chi connectivity index (χ1v) is 4.65. The van der Waals surface area contributed by atoms with Crippen LogP contribution in [0.25, 0.3) is 0 Å². The van der Waals surface area contributed by atoms with Gasteiger partial charge in [-0.15, -0.1) is 0 Å². The number of benzene rings is 1. The molecule has 0 saturated heterocycles. The van der Waals surface area contributed by atoms with E-state index in [2.05, 4.69) is 24.0 Å². The Morgan fingerprint density at radius 2 is 2.31 bits per heavy atom. The molecule has 1 radical (unpaired) electrons. The van der Waals surface area contributed by atoms with E-state index in [0.29, 0.717) is 0 Å². The van der Waals surface area contributed by atoms with Crippen LogP contribution in [0, 0.1) is 6.07 Å². The van der Waals surface area contributed by atoms with Crippen molar-refractivity contribution >= 4 is 0 Å². The Hall–Kier alpha value is -0.860. The minimum atomic E-state index is 0.223. The molecule has 2 nitrogen and oxygen atoms in total. The highest BCUT2D eigenvalue weighted by atomic mass is 16.3. The molecule has 0 saturated carbocycles. The largest absolute Gasteiger partial charge is 0.395 e. The van der Waals surface area contributed by atoms with Gasteiger partial charge >= 0.3 is 0 Å². The van der Waals surface area contributed by atoms with Gasteiger partial charge in [-0.1, -0.05) is 31.2 Å². The molecule has 1 N–H and O–H groups in total. The number of aliphatic hydroxyl groups excluding tert-OH is 1. The van der Waals surface area contributed by atoms with E-state index < -0.39 is 0 Å². The number of likely N-dealkylation sites (N-methyl/N-ethyl adjacent to an activating group) is 1. The lowest BCUT2D eigenvalue weighted by molar-refractivity contribution is 0.196. The van der Waals surface area contributed by atoms with Gasteiger partial charge in [0.05, 0.1) is 6.61 Å². The van der Waals surface area contributed by atoms with Crippen molar-refractivity contribution in [2.75, 3.05) is 19.7 Å². The normalized spacial score (nSPS) is 10.7. The quantitative estimate of drug-likeness (QED) is 0.734. The van der Waals surface area contributed by atoms with E-state index in [1.54, 1.807) is 0 Å². The van der Waals surface area contributed by atoms with Crippen molar-refractivity contribution in [2.24, 2.45) is 0 Å². The predicted octanol–water partition coefficient (Wildman–Crippen LogP) is 1.30. The molecule has 0 bridgehead atoms. The molecule has 13 heavy (non-hydrogen) atoms. The van der Waals surface area contributed by atoms with Crippen LogP contribution >= 0.6 is 0 Å². The van der Waals surface area contributed by atoms with E-state index in [0.717, 1.165) is 19.6 Å². The van der Waals surface area contributed by atoms with E-state index in [9.17, 15) is 0 Å². The first-order chi connectivity index (χ1) is 6.36. The van der Waals surface area contributed by atoms with Gasteiger partial charge in [0.15, 0.2) is 0 Å². The topological polar surface area (TPSA) is 23.5 Å². The number of hydrogen-bond acceptors (Lipinski definition) is 2. The maximum atomic E-state index is 8.79. The predicted molar refractivity (Wildman–Crippen MR) is 53.3 cm³/mol. The molecule has 0 aliphatic carbocycles. The Kier molecular flexibility index (Phi) is 4.50. The van der Waals surface area contributed by atoms with Crippen LogP contribution in [-0.2, 0) is 6.54 Å². The van der Waals surface area contributed by atoms with E-state index in [4.69, 9.17) is 5.11 Å². The van der Waals surface area contributed by atoms with E-state index in [1.807, 2.05) is 18.2 Å². The average Bonchev–Trinajstić information content (AvgIpc) is 2.19. The summed E-state index contributed by atoms with van der Waals surface area (Å²) in [7, 11) is 0. The summed E-state index contributed by atoms with van der Waals surface area (Å²) in [4.78, 5) is 2.19. The Morgan fingerprint density at radius 1 is 1.46 bits per heavy atom. The number of hydrogen-bond donors (Lipinski definition) is 1. The van der Waals surface area contributed by atoms with Crippen LogP contribution < -0.4 is 0 Å². The zero-order valence-electron chi connectivity index (χ0n) is 8.03. The van der Waals surface area contributed by atoms with Crippen LogP contribution in [0.5, 0.6) is 0 Å². The van der Waals surface area contributed by atoms with Crippen LogP contribution in [0.1, 0.15) is 12.5 Å². The number of rotatable bonds is 5. The summed E-state index contributed by atoms with van der Waals surface area (Å²) in [5.41, 5.74) is 1.18. The zero-order valence-corrected chi connectivity index (χ0v) is 8.03. The first-order valence-electron chi connectivity index (χ1n) is 4.65. The van der Waals surface area contributed by atoms with E-state index in [1.165, 1.54) is 5.56 Å². The fraction of sp³-hybridized carbons (Fsp3) is 0.455. The third-order valence-electron chi connectivity index (χ3n) is 2.03. The van der Waals surface area contributed by atoms with Crippen molar-refractivity contribution < 1.29 is 5.11 Å². The van der Waals surface area contributed by atoms with Crippen LogP contribution in [0.4, 0.5) is 0 Å². The van der Waals surface area contributed by atoms with Gasteiger partial charge < -0.3 is 5.11 Å². The average molecular weight is 178 g/mol. The molecule has 0 fully saturated rings. The standard InChI is InChI=1S/C11H16NO/c1-2-12(8-9-13)10-11-6-4-3-5-7-11/h3-6,13H,2,8-10H2,1H3. The van der Waals surface area contributed by atoms with Crippen molar-refractivity contribution in [2.45, 2.75) is 13.5 Å². The zero-order chi connectivity index (χ0) is 9.52. The molecule has 0 amide bonds. The summed E-state index contributed by atoms with van der Waals surface area (Å²) in [5.74, 6) is 0. The maximum Gasteiger partial charge on any atom is 0.0558 e. The summed E-state index contributed by atoms with van der Waals surface area (Å²) in [5, 5.41) is 8.79. The van der Waals surface area contributed by atoms with Gasteiger partial charge in [0.25, 0.3) is 0 Å². The van der Waals surface area contributed by atoms with Gasteiger partial charge in [0.2, 0.25) is 0 Å². The molecule has 0 unspecified atom stereocenters. The van der Waals surface area contributed by atoms with Gasteiger partial charge in [-0.2, -0.15) is 0 Å². The molecular formula is C11H16NO.